The maximum Gasteiger partial charge on any atom is 0.0838 e. The van der Waals surface area contributed by atoms with Gasteiger partial charge in [0.15, 0.2) is 0 Å². The largest absolute Gasteiger partial charge is 0.181 e. The Morgan fingerprint density at radius 1 is 0.929 bits per heavy atom. The Hall–Kier alpha value is -0.760. The van der Waals surface area contributed by atoms with E-state index in [0.717, 1.165) is 0 Å². The molecule has 0 unspecified atom stereocenters. The highest BCUT2D eigenvalue weighted by Crippen LogP contribution is 2.39. The minimum atomic E-state index is 1.17. The van der Waals surface area contributed by atoms with Gasteiger partial charge in [-0.05, 0) is 60.8 Å². The summed E-state index contributed by atoms with van der Waals surface area (Å²) in [5.41, 5.74) is 7.13. The molecule has 0 spiro atoms. The van der Waals surface area contributed by atoms with Crippen LogP contribution in [0.15, 0.2) is 10.4 Å². The zero-order chi connectivity index (χ0) is 9.54. The predicted octanol–water partition coefficient (Wildman–Crippen LogP) is 3.03. The number of fused-ring (bicyclic) bond motifs is 2. The second kappa shape index (κ2) is 3.13. The number of hydrogen-bond acceptors (Lipinski definition) is 2. The second-order valence-electron chi connectivity index (χ2n) is 4.30. The van der Waals surface area contributed by atoms with Gasteiger partial charge >= 0.3 is 0 Å². The summed E-state index contributed by atoms with van der Waals surface area (Å²) in [4.78, 5) is 0. The van der Waals surface area contributed by atoms with E-state index in [4.69, 9.17) is 12.4 Å². The van der Waals surface area contributed by atoms with Gasteiger partial charge in [0.1, 0.15) is 0 Å². The molecular weight excluding hydrogens is 190 g/mol. The second-order valence-corrected chi connectivity index (χ2v) is 4.48. The molecule has 0 bridgehead atoms. The lowest BCUT2D eigenvalue weighted by Gasteiger charge is -2.09. The summed E-state index contributed by atoms with van der Waals surface area (Å²) in [7, 11) is 0. The van der Waals surface area contributed by atoms with Crippen LogP contribution in [0.1, 0.15) is 35.1 Å². The molecule has 1 aromatic carbocycles. The predicted molar refractivity (Wildman–Crippen MR) is 59.9 cm³/mol. The van der Waals surface area contributed by atoms with E-state index in [1.807, 2.05) is 0 Å². The molecule has 0 aromatic heterocycles. The maximum absolute atomic E-state index is 4.93. The molecule has 0 fully saturated rings. The van der Waals surface area contributed by atoms with Gasteiger partial charge < -0.3 is 0 Å². The number of hydrogen-bond donors (Lipinski definition) is 0. The lowest BCUT2D eigenvalue weighted by Crippen LogP contribution is -1.91. The van der Waals surface area contributed by atoms with E-state index < -0.39 is 0 Å². The van der Waals surface area contributed by atoms with Gasteiger partial charge in [-0.1, -0.05) is 6.07 Å². The molecule has 0 aliphatic heterocycles. The van der Waals surface area contributed by atoms with Crippen LogP contribution < -0.4 is 0 Å². The molecule has 0 saturated carbocycles. The molecule has 3 rings (SSSR count). The highest BCUT2D eigenvalue weighted by molar-refractivity contribution is 7.47. The number of rotatable bonds is 1. The van der Waals surface area contributed by atoms with Gasteiger partial charge in [-0.25, -0.2) is 0 Å². The summed E-state index contributed by atoms with van der Waals surface area (Å²) in [5, 5.41) is 0. The van der Waals surface area contributed by atoms with Crippen molar-refractivity contribution in [3.8, 4) is 0 Å². The first kappa shape index (κ1) is 8.54. The Balaban J connectivity index is 2.29. The average Bonchev–Trinajstić information content (AvgIpc) is 2.80. The van der Waals surface area contributed by atoms with Crippen molar-refractivity contribution in [2.75, 3.05) is 0 Å². The smallest absolute Gasteiger partial charge is 0.0838 e. The summed E-state index contributed by atoms with van der Waals surface area (Å²) in [6.07, 6.45) is 7.43. The van der Waals surface area contributed by atoms with Gasteiger partial charge in [0.2, 0.25) is 0 Å². The number of aryl methyl sites for hydroxylation is 2. The van der Waals surface area contributed by atoms with Crippen LogP contribution in [0.25, 0.3) is 0 Å². The summed E-state index contributed by atoms with van der Waals surface area (Å²) >= 11 is 4.93. The minimum Gasteiger partial charge on any atom is -0.181 e. The Morgan fingerprint density at radius 2 is 1.50 bits per heavy atom. The van der Waals surface area contributed by atoms with Gasteiger partial charge in [0, 0.05) is 12.4 Å². The van der Waals surface area contributed by atoms with Gasteiger partial charge in [-0.2, -0.15) is 4.36 Å². The molecule has 14 heavy (non-hydrogen) atoms. The molecule has 0 amide bonds. The van der Waals surface area contributed by atoms with Crippen molar-refractivity contribution in [2.45, 2.75) is 38.5 Å². The highest BCUT2D eigenvalue weighted by atomic mass is 32.1. The third kappa shape index (κ3) is 1.07. The third-order valence-electron chi connectivity index (χ3n) is 3.53. The fourth-order valence-corrected chi connectivity index (χ4v) is 3.12. The third-order valence-corrected chi connectivity index (χ3v) is 3.72. The van der Waals surface area contributed by atoms with Crippen molar-refractivity contribution >= 4 is 18.1 Å². The lowest BCUT2D eigenvalue weighted by molar-refractivity contribution is 0.897. The van der Waals surface area contributed by atoms with Gasteiger partial charge in [-0.15, -0.1) is 0 Å². The summed E-state index contributed by atoms with van der Waals surface area (Å²) < 4.78 is 4.10. The number of nitrogens with zero attached hydrogens (tertiary/aromatic N) is 1. The van der Waals surface area contributed by atoms with E-state index in [-0.39, 0.29) is 0 Å². The topological polar surface area (TPSA) is 12.4 Å². The van der Waals surface area contributed by atoms with Crippen LogP contribution in [-0.4, -0.2) is 0 Å². The SMILES string of the molecule is S=Nc1c2c(cc3c1CCC3)CCC2. The van der Waals surface area contributed by atoms with E-state index in [1.165, 1.54) is 66.5 Å². The minimum absolute atomic E-state index is 1.17. The fraction of sp³-hybridized carbons (Fsp3) is 0.500. The van der Waals surface area contributed by atoms with Crippen molar-refractivity contribution in [3.63, 3.8) is 0 Å². The lowest BCUT2D eigenvalue weighted by atomic mass is 9.99. The van der Waals surface area contributed by atoms with Crippen molar-refractivity contribution in [1.82, 2.24) is 0 Å². The Morgan fingerprint density at radius 3 is 2.00 bits per heavy atom. The molecule has 72 valence electrons. The van der Waals surface area contributed by atoms with Crippen LogP contribution >= 0.6 is 0 Å². The van der Waals surface area contributed by atoms with Crippen molar-refractivity contribution in [3.05, 3.63) is 28.3 Å². The molecule has 2 aliphatic rings. The standard InChI is InChI=1S/C12H13NS/c14-13-12-10-5-1-3-8(10)7-9-4-2-6-11(9)12/h7H,1-6H2. The molecule has 0 saturated heterocycles. The first-order valence-electron chi connectivity index (χ1n) is 5.40. The van der Waals surface area contributed by atoms with Crippen LogP contribution in [0.4, 0.5) is 5.69 Å². The van der Waals surface area contributed by atoms with Gasteiger partial charge in [0.05, 0.1) is 5.69 Å². The normalized spacial score (nSPS) is 18.0. The van der Waals surface area contributed by atoms with Crippen molar-refractivity contribution < 1.29 is 0 Å². The summed E-state index contributed by atoms with van der Waals surface area (Å²) in [5.74, 6) is 0. The fourth-order valence-electron chi connectivity index (χ4n) is 2.90. The summed E-state index contributed by atoms with van der Waals surface area (Å²) in [6.45, 7) is 0. The quantitative estimate of drug-likeness (QED) is 0.683. The molecule has 2 aliphatic carbocycles. The van der Waals surface area contributed by atoms with E-state index in [1.54, 1.807) is 0 Å². The molecule has 2 heteroatoms. The van der Waals surface area contributed by atoms with Crippen LogP contribution in [0, 0.1) is 0 Å². The molecule has 0 N–H and O–H groups in total. The zero-order valence-electron chi connectivity index (χ0n) is 8.18. The van der Waals surface area contributed by atoms with E-state index in [0.29, 0.717) is 0 Å². The monoisotopic (exact) mass is 203 g/mol. The molecule has 0 radical (unpaired) electrons. The maximum atomic E-state index is 4.93. The average molecular weight is 203 g/mol. The first-order valence-corrected chi connectivity index (χ1v) is 5.76. The van der Waals surface area contributed by atoms with Crippen molar-refractivity contribution in [2.24, 2.45) is 4.36 Å². The van der Waals surface area contributed by atoms with Crippen LogP contribution in [-0.2, 0) is 38.1 Å². The first-order chi connectivity index (χ1) is 6.90. The van der Waals surface area contributed by atoms with Gasteiger partial charge in [-0.3, -0.25) is 0 Å². The Bertz CT molecular complexity index is 377. The van der Waals surface area contributed by atoms with Crippen LogP contribution in [0.3, 0.4) is 0 Å². The Labute approximate surface area is 89.7 Å². The van der Waals surface area contributed by atoms with Gasteiger partial charge in [0.25, 0.3) is 0 Å². The molecule has 0 heterocycles. The zero-order valence-corrected chi connectivity index (χ0v) is 8.99. The summed E-state index contributed by atoms with van der Waals surface area (Å²) in [6, 6.07) is 2.41. The van der Waals surface area contributed by atoms with Crippen molar-refractivity contribution in [1.29, 1.82) is 0 Å². The van der Waals surface area contributed by atoms with E-state index in [2.05, 4.69) is 10.4 Å². The van der Waals surface area contributed by atoms with E-state index in [9.17, 15) is 0 Å². The molecule has 0 atom stereocenters. The molecular formula is C12H13NS. The van der Waals surface area contributed by atoms with Crippen LogP contribution in [0.5, 0.6) is 0 Å². The Kier molecular flexibility index (Phi) is 1.91. The molecule has 1 aromatic rings. The number of benzene rings is 1. The van der Waals surface area contributed by atoms with E-state index >= 15 is 0 Å². The molecule has 1 nitrogen and oxygen atoms in total. The highest BCUT2D eigenvalue weighted by Gasteiger charge is 2.23. The van der Waals surface area contributed by atoms with Crippen LogP contribution in [0.2, 0.25) is 0 Å².